The van der Waals surface area contributed by atoms with Crippen LogP contribution in [0.25, 0.3) is 0 Å². The molecule has 7 heteroatoms. The standard InChI is InChI=1S/C18H22N4OS2/c1-5-12(2)11-22(15-8-6-14(10-19)7-9-15)18-20-16(13(3)25-18)17(23)21-24-4/h6-9,12H,5,11H2,1-4H3,(H,21,23). The Bertz CT molecular complexity index is 764. The fourth-order valence-corrected chi connectivity index (χ4v) is 3.52. The molecule has 0 saturated heterocycles. The van der Waals surface area contributed by atoms with Crippen LogP contribution in [0.5, 0.6) is 0 Å². The van der Waals surface area contributed by atoms with Crippen LogP contribution in [0.3, 0.4) is 0 Å². The monoisotopic (exact) mass is 374 g/mol. The molecule has 1 N–H and O–H groups in total. The second kappa shape index (κ2) is 8.88. The lowest BCUT2D eigenvalue weighted by atomic mass is 10.1. The van der Waals surface area contributed by atoms with Crippen molar-refractivity contribution in [1.29, 1.82) is 5.26 Å². The van der Waals surface area contributed by atoms with E-state index >= 15 is 0 Å². The zero-order valence-electron chi connectivity index (χ0n) is 14.9. The summed E-state index contributed by atoms with van der Waals surface area (Å²) in [5.41, 5.74) is 2.07. The molecular formula is C18H22N4OS2. The van der Waals surface area contributed by atoms with Crippen molar-refractivity contribution >= 4 is 40.0 Å². The van der Waals surface area contributed by atoms with E-state index in [4.69, 9.17) is 5.26 Å². The molecule has 1 aromatic heterocycles. The molecule has 0 bridgehead atoms. The minimum absolute atomic E-state index is 0.171. The molecule has 0 saturated carbocycles. The number of benzene rings is 1. The van der Waals surface area contributed by atoms with E-state index in [0.29, 0.717) is 17.2 Å². The number of thiazole rings is 1. The molecule has 0 fully saturated rings. The molecule has 0 aliphatic heterocycles. The number of aryl methyl sites for hydroxylation is 1. The molecule has 132 valence electrons. The summed E-state index contributed by atoms with van der Waals surface area (Å²) in [7, 11) is 0. The van der Waals surface area contributed by atoms with Crippen molar-refractivity contribution < 1.29 is 4.79 Å². The van der Waals surface area contributed by atoms with Crippen molar-refractivity contribution in [2.75, 3.05) is 17.7 Å². The van der Waals surface area contributed by atoms with Gasteiger partial charge in [0.2, 0.25) is 0 Å². The molecule has 0 aliphatic carbocycles. The highest BCUT2D eigenvalue weighted by Crippen LogP contribution is 2.33. The lowest BCUT2D eigenvalue weighted by Crippen LogP contribution is -2.24. The second-order valence-electron chi connectivity index (χ2n) is 5.82. The summed E-state index contributed by atoms with van der Waals surface area (Å²) < 4.78 is 2.73. The Morgan fingerprint density at radius 3 is 2.68 bits per heavy atom. The highest BCUT2D eigenvalue weighted by atomic mass is 32.2. The normalized spacial score (nSPS) is 11.6. The Kier molecular flexibility index (Phi) is 6.85. The quantitative estimate of drug-likeness (QED) is 0.722. The van der Waals surface area contributed by atoms with E-state index in [9.17, 15) is 4.79 Å². The highest BCUT2D eigenvalue weighted by molar-refractivity contribution is 7.97. The number of nitriles is 1. The molecule has 1 unspecified atom stereocenters. The number of aromatic nitrogens is 1. The van der Waals surface area contributed by atoms with Gasteiger partial charge < -0.3 is 4.90 Å². The molecule has 0 radical (unpaired) electrons. The lowest BCUT2D eigenvalue weighted by Gasteiger charge is -2.25. The molecule has 5 nitrogen and oxygen atoms in total. The topological polar surface area (TPSA) is 69.0 Å². The van der Waals surface area contributed by atoms with Gasteiger partial charge in [0.25, 0.3) is 5.91 Å². The number of nitrogens with one attached hydrogen (secondary N) is 1. The molecule has 2 aromatic rings. The summed E-state index contributed by atoms with van der Waals surface area (Å²) in [5.74, 6) is 0.305. The van der Waals surface area contributed by atoms with Crippen molar-refractivity contribution in [3.8, 4) is 6.07 Å². The summed E-state index contributed by atoms with van der Waals surface area (Å²) in [6.45, 7) is 7.07. The van der Waals surface area contributed by atoms with Crippen LogP contribution in [0.1, 0.15) is 41.2 Å². The summed E-state index contributed by atoms with van der Waals surface area (Å²) in [4.78, 5) is 19.8. The molecule has 0 spiro atoms. The van der Waals surface area contributed by atoms with Crippen molar-refractivity contribution in [1.82, 2.24) is 9.71 Å². The summed E-state index contributed by atoms with van der Waals surface area (Å²) in [5, 5.41) is 9.80. The van der Waals surface area contributed by atoms with E-state index in [1.165, 1.54) is 23.3 Å². The van der Waals surface area contributed by atoms with Gasteiger partial charge in [-0.25, -0.2) is 4.98 Å². The Morgan fingerprint density at radius 2 is 2.12 bits per heavy atom. The van der Waals surface area contributed by atoms with Crippen molar-refractivity contribution in [2.45, 2.75) is 27.2 Å². The predicted octanol–water partition coefficient (Wildman–Crippen LogP) is 4.52. The van der Waals surface area contributed by atoms with E-state index in [1.54, 1.807) is 12.1 Å². The molecule has 1 amide bonds. The molecule has 0 aliphatic rings. The zero-order chi connectivity index (χ0) is 18.4. The van der Waals surface area contributed by atoms with Crippen LogP contribution in [0.15, 0.2) is 24.3 Å². The average molecular weight is 375 g/mol. The first kappa shape index (κ1) is 19.3. The van der Waals surface area contributed by atoms with Gasteiger partial charge in [-0.3, -0.25) is 9.52 Å². The average Bonchev–Trinajstić information content (AvgIpc) is 3.01. The first-order chi connectivity index (χ1) is 12.0. The number of anilines is 2. The zero-order valence-corrected chi connectivity index (χ0v) is 16.5. The van der Waals surface area contributed by atoms with Crippen LogP contribution < -0.4 is 9.62 Å². The third kappa shape index (κ3) is 4.74. The van der Waals surface area contributed by atoms with E-state index in [0.717, 1.165) is 28.7 Å². The van der Waals surface area contributed by atoms with Crippen LogP contribution in [0.4, 0.5) is 10.8 Å². The molecule has 2 rings (SSSR count). The highest BCUT2D eigenvalue weighted by Gasteiger charge is 2.21. The van der Waals surface area contributed by atoms with E-state index in [-0.39, 0.29) is 5.91 Å². The third-order valence-electron chi connectivity index (χ3n) is 3.93. The number of hydrogen-bond acceptors (Lipinski definition) is 6. The van der Waals surface area contributed by atoms with E-state index in [2.05, 4.69) is 34.5 Å². The Morgan fingerprint density at radius 1 is 1.44 bits per heavy atom. The van der Waals surface area contributed by atoms with Crippen LogP contribution in [-0.2, 0) is 0 Å². The van der Waals surface area contributed by atoms with Crippen LogP contribution in [0, 0.1) is 24.2 Å². The van der Waals surface area contributed by atoms with Crippen molar-refractivity contribution in [3.05, 3.63) is 40.4 Å². The summed E-state index contributed by atoms with van der Waals surface area (Å²) in [6, 6.07) is 9.61. The van der Waals surface area contributed by atoms with Crippen molar-refractivity contribution in [3.63, 3.8) is 0 Å². The van der Waals surface area contributed by atoms with Crippen molar-refractivity contribution in [2.24, 2.45) is 5.92 Å². The molecule has 25 heavy (non-hydrogen) atoms. The number of carbonyl (C=O) groups excluding carboxylic acids is 1. The molecular weight excluding hydrogens is 352 g/mol. The number of hydrogen-bond donors (Lipinski definition) is 1. The summed E-state index contributed by atoms with van der Waals surface area (Å²) >= 11 is 2.78. The first-order valence-electron chi connectivity index (χ1n) is 8.08. The van der Waals surface area contributed by atoms with Crippen LogP contribution in [-0.4, -0.2) is 23.7 Å². The minimum Gasteiger partial charge on any atom is -0.318 e. The van der Waals surface area contributed by atoms with Gasteiger partial charge in [0.05, 0.1) is 11.6 Å². The number of carbonyl (C=O) groups is 1. The maximum absolute atomic E-state index is 12.2. The van der Waals surface area contributed by atoms with Gasteiger partial charge in [0, 0.05) is 23.4 Å². The maximum Gasteiger partial charge on any atom is 0.280 e. The smallest absolute Gasteiger partial charge is 0.280 e. The fraction of sp³-hybridized carbons (Fsp3) is 0.389. The second-order valence-corrected chi connectivity index (χ2v) is 7.61. The molecule has 1 aromatic carbocycles. The maximum atomic E-state index is 12.2. The van der Waals surface area contributed by atoms with Gasteiger partial charge in [-0.15, -0.1) is 11.3 Å². The molecule has 1 heterocycles. The Hall–Kier alpha value is -2.04. The van der Waals surface area contributed by atoms with Gasteiger partial charge >= 0.3 is 0 Å². The Labute approximate surface area is 157 Å². The molecule has 1 atom stereocenters. The minimum atomic E-state index is -0.171. The van der Waals surface area contributed by atoms with E-state index in [1.807, 2.05) is 25.3 Å². The van der Waals surface area contributed by atoms with Crippen LogP contribution in [0.2, 0.25) is 0 Å². The van der Waals surface area contributed by atoms with Gasteiger partial charge in [0.1, 0.15) is 5.69 Å². The van der Waals surface area contributed by atoms with Gasteiger partial charge in [0.15, 0.2) is 5.13 Å². The number of amides is 1. The number of rotatable bonds is 7. The number of nitrogens with zero attached hydrogens (tertiary/aromatic N) is 3. The van der Waals surface area contributed by atoms with E-state index < -0.39 is 0 Å². The largest absolute Gasteiger partial charge is 0.318 e. The predicted molar refractivity (Wildman–Crippen MR) is 105 cm³/mol. The van der Waals surface area contributed by atoms with Gasteiger partial charge in [-0.1, -0.05) is 32.2 Å². The fourth-order valence-electron chi connectivity index (χ4n) is 2.30. The third-order valence-corrected chi connectivity index (χ3v) is 5.31. The lowest BCUT2D eigenvalue weighted by molar-refractivity contribution is 0.0980. The van der Waals surface area contributed by atoms with Crippen LogP contribution >= 0.6 is 23.3 Å². The van der Waals surface area contributed by atoms with Gasteiger partial charge in [-0.05, 0) is 37.1 Å². The Balaban J connectivity index is 2.40. The SMILES string of the molecule is CCC(C)CN(c1ccc(C#N)cc1)c1nc(C(=O)NSC)c(C)s1. The van der Waals surface area contributed by atoms with Gasteiger partial charge in [-0.2, -0.15) is 5.26 Å². The first-order valence-corrected chi connectivity index (χ1v) is 10.1. The summed E-state index contributed by atoms with van der Waals surface area (Å²) in [6.07, 6.45) is 2.86.